The Morgan fingerprint density at radius 2 is 1.95 bits per heavy atom. The molecule has 110 valence electrons. The molecule has 0 amide bonds. The number of ether oxygens (including phenoxy) is 2. The summed E-state index contributed by atoms with van der Waals surface area (Å²) in [5.74, 6) is 0.373. The van der Waals surface area contributed by atoms with Crippen molar-refractivity contribution in [2.75, 3.05) is 7.11 Å². The minimum atomic E-state index is -0.376. The summed E-state index contributed by atoms with van der Waals surface area (Å²) in [6.07, 6.45) is 0. The van der Waals surface area contributed by atoms with Gasteiger partial charge in [-0.2, -0.15) is 0 Å². The van der Waals surface area contributed by atoms with Gasteiger partial charge < -0.3 is 9.47 Å². The predicted molar refractivity (Wildman–Crippen MR) is 78.5 cm³/mol. The summed E-state index contributed by atoms with van der Waals surface area (Å²) in [7, 11) is 1.54. The summed E-state index contributed by atoms with van der Waals surface area (Å²) in [4.78, 5) is 11.4. The topological polar surface area (TPSA) is 35.5 Å². The van der Waals surface area contributed by atoms with E-state index in [1.165, 1.54) is 6.92 Å². The molecule has 4 heteroatoms. The fraction of sp³-hybridized carbons (Fsp3) is 0.235. The quantitative estimate of drug-likeness (QED) is 0.782. The van der Waals surface area contributed by atoms with E-state index >= 15 is 0 Å². The molecule has 0 aliphatic carbocycles. The third-order valence-corrected chi connectivity index (χ3v) is 3.23. The Morgan fingerprint density at radius 3 is 2.62 bits per heavy atom. The van der Waals surface area contributed by atoms with Gasteiger partial charge in [-0.25, -0.2) is 4.39 Å². The summed E-state index contributed by atoms with van der Waals surface area (Å²) in [6, 6.07) is 10.1. The van der Waals surface area contributed by atoms with Gasteiger partial charge in [0.2, 0.25) is 0 Å². The Labute approximate surface area is 123 Å². The van der Waals surface area contributed by atoms with Crippen molar-refractivity contribution in [2.24, 2.45) is 0 Å². The van der Waals surface area contributed by atoms with Crippen LogP contribution in [0, 0.1) is 12.7 Å². The van der Waals surface area contributed by atoms with Gasteiger partial charge in [0.15, 0.2) is 17.3 Å². The van der Waals surface area contributed by atoms with Crippen molar-refractivity contribution in [1.29, 1.82) is 0 Å². The highest BCUT2D eigenvalue weighted by Crippen LogP contribution is 2.25. The molecule has 2 aromatic rings. The third kappa shape index (κ3) is 3.40. The molecular weight excluding hydrogens is 271 g/mol. The fourth-order valence-electron chi connectivity index (χ4n) is 2.00. The minimum Gasteiger partial charge on any atom is -0.496 e. The third-order valence-electron chi connectivity index (χ3n) is 3.23. The Kier molecular flexibility index (Phi) is 4.58. The Hall–Kier alpha value is -2.36. The molecule has 2 aromatic carbocycles. The van der Waals surface area contributed by atoms with Gasteiger partial charge in [0.1, 0.15) is 12.4 Å². The number of Topliss-reactive ketones (excluding diaryl/α,β-unsaturated/α-hetero) is 1. The lowest BCUT2D eigenvalue weighted by atomic mass is 10.1. The molecule has 0 atom stereocenters. The van der Waals surface area contributed by atoms with E-state index in [4.69, 9.17) is 9.47 Å². The van der Waals surface area contributed by atoms with Crippen LogP contribution in [-0.2, 0) is 6.61 Å². The van der Waals surface area contributed by atoms with E-state index in [-0.39, 0.29) is 24.0 Å². The lowest BCUT2D eigenvalue weighted by Gasteiger charge is -2.12. The molecule has 0 aliphatic rings. The van der Waals surface area contributed by atoms with E-state index in [2.05, 4.69) is 0 Å². The van der Waals surface area contributed by atoms with E-state index in [0.29, 0.717) is 22.4 Å². The molecule has 0 radical (unpaired) electrons. The van der Waals surface area contributed by atoms with Crippen molar-refractivity contribution in [3.63, 3.8) is 0 Å². The smallest absolute Gasteiger partial charge is 0.167 e. The standard InChI is InChI=1S/C17H17FO3/c1-11-5-4-6-16(17(11)18)21-10-14-9-13(12(2)19)7-8-15(14)20-3/h4-9H,10H2,1-3H3. The SMILES string of the molecule is COc1ccc(C(C)=O)cc1COc1cccc(C)c1F. The molecule has 3 nitrogen and oxygen atoms in total. The number of aryl methyl sites for hydroxylation is 1. The van der Waals surface area contributed by atoms with Crippen LogP contribution >= 0.6 is 0 Å². The number of hydrogen-bond donors (Lipinski definition) is 0. The summed E-state index contributed by atoms with van der Waals surface area (Å²) < 4.78 is 24.6. The summed E-state index contributed by atoms with van der Waals surface area (Å²) >= 11 is 0. The van der Waals surface area contributed by atoms with E-state index in [9.17, 15) is 9.18 Å². The summed E-state index contributed by atoms with van der Waals surface area (Å²) in [5, 5.41) is 0. The van der Waals surface area contributed by atoms with Crippen LogP contribution in [0.1, 0.15) is 28.4 Å². The molecule has 0 saturated heterocycles. The van der Waals surface area contributed by atoms with E-state index < -0.39 is 0 Å². The highest BCUT2D eigenvalue weighted by molar-refractivity contribution is 5.94. The molecule has 21 heavy (non-hydrogen) atoms. The van der Waals surface area contributed by atoms with Crippen molar-refractivity contribution in [3.8, 4) is 11.5 Å². The predicted octanol–water partition coefficient (Wildman–Crippen LogP) is 3.92. The number of benzene rings is 2. The van der Waals surface area contributed by atoms with Crippen LogP contribution in [0.15, 0.2) is 36.4 Å². The van der Waals surface area contributed by atoms with Crippen molar-refractivity contribution < 1.29 is 18.7 Å². The fourth-order valence-corrected chi connectivity index (χ4v) is 2.00. The van der Waals surface area contributed by atoms with Gasteiger partial charge in [-0.3, -0.25) is 4.79 Å². The Bertz CT molecular complexity index is 665. The number of carbonyl (C=O) groups is 1. The number of halogens is 1. The normalized spacial score (nSPS) is 10.3. The second-order valence-corrected chi connectivity index (χ2v) is 4.76. The van der Waals surface area contributed by atoms with Gasteiger partial charge in [0.05, 0.1) is 7.11 Å². The molecule has 0 aliphatic heterocycles. The van der Waals surface area contributed by atoms with Gasteiger partial charge >= 0.3 is 0 Å². The zero-order valence-corrected chi connectivity index (χ0v) is 12.3. The van der Waals surface area contributed by atoms with Crippen molar-refractivity contribution >= 4 is 5.78 Å². The van der Waals surface area contributed by atoms with E-state index in [1.807, 2.05) is 0 Å². The maximum Gasteiger partial charge on any atom is 0.167 e. The molecule has 0 heterocycles. The molecular formula is C17H17FO3. The van der Waals surface area contributed by atoms with Crippen molar-refractivity contribution in [2.45, 2.75) is 20.5 Å². The van der Waals surface area contributed by atoms with Crippen LogP contribution < -0.4 is 9.47 Å². The first-order chi connectivity index (χ1) is 10.0. The van der Waals surface area contributed by atoms with Gasteiger partial charge in [-0.05, 0) is 43.7 Å². The zero-order valence-electron chi connectivity index (χ0n) is 12.3. The summed E-state index contributed by atoms with van der Waals surface area (Å²) in [6.45, 7) is 3.30. The molecule has 0 spiro atoms. The first kappa shape index (κ1) is 15.0. The van der Waals surface area contributed by atoms with Gasteiger partial charge in [-0.15, -0.1) is 0 Å². The first-order valence-electron chi connectivity index (χ1n) is 6.58. The number of hydrogen-bond acceptors (Lipinski definition) is 3. The number of ketones is 1. The average Bonchev–Trinajstić information content (AvgIpc) is 2.48. The molecule has 0 N–H and O–H groups in total. The summed E-state index contributed by atoms with van der Waals surface area (Å²) in [5.41, 5.74) is 1.79. The second-order valence-electron chi connectivity index (χ2n) is 4.76. The largest absolute Gasteiger partial charge is 0.496 e. The van der Waals surface area contributed by atoms with Gasteiger partial charge in [0, 0.05) is 11.1 Å². The molecule has 2 rings (SSSR count). The van der Waals surface area contributed by atoms with Crippen LogP contribution in [0.25, 0.3) is 0 Å². The highest BCUT2D eigenvalue weighted by atomic mass is 19.1. The van der Waals surface area contributed by atoms with Crippen LogP contribution in [0.4, 0.5) is 4.39 Å². The second kappa shape index (κ2) is 6.39. The molecule has 0 aromatic heterocycles. The molecule has 0 saturated carbocycles. The molecule has 0 fully saturated rings. The zero-order chi connectivity index (χ0) is 15.4. The van der Waals surface area contributed by atoms with Crippen molar-refractivity contribution in [3.05, 3.63) is 58.9 Å². The van der Waals surface area contributed by atoms with Crippen molar-refractivity contribution in [1.82, 2.24) is 0 Å². The Morgan fingerprint density at radius 1 is 1.19 bits per heavy atom. The van der Waals surface area contributed by atoms with Crippen LogP contribution in [0.2, 0.25) is 0 Å². The lowest BCUT2D eigenvalue weighted by molar-refractivity contribution is 0.101. The number of rotatable bonds is 5. The van der Waals surface area contributed by atoms with Gasteiger partial charge in [-0.1, -0.05) is 12.1 Å². The first-order valence-corrected chi connectivity index (χ1v) is 6.58. The number of carbonyl (C=O) groups excluding carboxylic acids is 1. The van der Waals surface area contributed by atoms with Crippen LogP contribution in [0.3, 0.4) is 0 Å². The Balaban J connectivity index is 2.24. The van der Waals surface area contributed by atoms with Gasteiger partial charge in [0.25, 0.3) is 0 Å². The molecule has 0 bridgehead atoms. The lowest BCUT2D eigenvalue weighted by Crippen LogP contribution is -2.03. The average molecular weight is 288 g/mol. The van der Waals surface area contributed by atoms with Crippen LogP contribution in [0.5, 0.6) is 11.5 Å². The maximum absolute atomic E-state index is 13.9. The molecule has 0 unspecified atom stereocenters. The number of methoxy groups -OCH3 is 1. The minimum absolute atomic E-state index is 0.0411. The van der Waals surface area contributed by atoms with Crippen LogP contribution in [-0.4, -0.2) is 12.9 Å². The maximum atomic E-state index is 13.9. The monoisotopic (exact) mass is 288 g/mol. The van der Waals surface area contributed by atoms with E-state index in [1.54, 1.807) is 50.4 Å². The highest BCUT2D eigenvalue weighted by Gasteiger charge is 2.10. The van der Waals surface area contributed by atoms with E-state index in [0.717, 1.165) is 0 Å².